The summed E-state index contributed by atoms with van der Waals surface area (Å²) >= 11 is 25.4. The van der Waals surface area contributed by atoms with Crippen molar-refractivity contribution in [1.29, 1.82) is 0 Å². The lowest BCUT2D eigenvalue weighted by Crippen LogP contribution is -1.85. The Kier molecular flexibility index (Phi) is 6.44. The molecule has 0 atom stereocenters. The van der Waals surface area contributed by atoms with Gasteiger partial charge in [-0.15, -0.1) is 12.4 Å². The number of nitrogen functional groups attached to an aromatic ring is 1. The summed E-state index contributed by atoms with van der Waals surface area (Å²) in [7, 11) is 0. The van der Waals surface area contributed by atoms with Crippen molar-refractivity contribution < 1.29 is 0 Å². The molecule has 0 radical (unpaired) electrons. The van der Waals surface area contributed by atoms with Crippen molar-refractivity contribution in [3.8, 4) is 0 Å². The largest absolute Gasteiger partial charge is 0.399 e. The molecule has 7 heteroatoms. The van der Waals surface area contributed by atoms with E-state index in [1.54, 1.807) is 24.3 Å². The molecule has 0 heterocycles. The van der Waals surface area contributed by atoms with E-state index in [2.05, 4.69) is 0 Å². The van der Waals surface area contributed by atoms with Gasteiger partial charge < -0.3 is 5.73 Å². The maximum Gasteiger partial charge on any atom is 0.0607 e. The lowest BCUT2D eigenvalue weighted by Gasteiger charge is -2.08. The average Bonchev–Trinajstić information content (AvgIpc) is 2.29. The number of halogens is 5. The van der Waals surface area contributed by atoms with E-state index in [-0.39, 0.29) is 12.4 Å². The summed E-state index contributed by atoms with van der Waals surface area (Å²) in [6, 6.07) is 8.62. The Morgan fingerprint density at radius 3 is 1.95 bits per heavy atom. The molecule has 2 N–H and O–H groups in total. The molecular weight excluding hydrogens is 367 g/mol. The summed E-state index contributed by atoms with van der Waals surface area (Å²) in [5, 5.41) is 1.98. The van der Waals surface area contributed by atoms with E-state index in [0.717, 1.165) is 9.79 Å². The van der Waals surface area contributed by atoms with Crippen molar-refractivity contribution in [2.75, 3.05) is 5.73 Å². The van der Waals surface area contributed by atoms with E-state index in [4.69, 9.17) is 52.1 Å². The van der Waals surface area contributed by atoms with Gasteiger partial charge in [0, 0.05) is 15.5 Å². The van der Waals surface area contributed by atoms with Crippen LogP contribution in [0.25, 0.3) is 0 Å². The van der Waals surface area contributed by atoms with E-state index in [1.807, 2.05) is 6.07 Å². The first-order valence-corrected chi connectivity index (χ1v) is 7.17. The second-order valence-electron chi connectivity index (χ2n) is 3.49. The third kappa shape index (κ3) is 4.25. The number of hydrogen-bond acceptors (Lipinski definition) is 2. The predicted molar refractivity (Wildman–Crippen MR) is 88.7 cm³/mol. The van der Waals surface area contributed by atoms with Gasteiger partial charge in [0.15, 0.2) is 0 Å². The predicted octanol–water partition coefficient (Wildman–Crippen LogP) is 6.46. The van der Waals surface area contributed by atoms with Gasteiger partial charge in [-0.25, -0.2) is 0 Å². The van der Waals surface area contributed by atoms with Crippen LogP contribution in [0.3, 0.4) is 0 Å². The maximum atomic E-state index is 6.10. The van der Waals surface area contributed by atoms with Crippen LogP contribution in [-0.4, -0.2) is 0 Å². The standard InChI is InChI=1S/C12H7Cl4NS.ClH/c13-7-4-10(16)12(5-8(7)14)18-11-2-1-6(17)3-9(11)15;/h1-5H,17H2;1H. The number of benzene rings is 2. The SMILES string of the molecule is Cl.Nc1ccc(Sc2cc(Cl)c(Cl)cc2Cl)c(Cl)c1. The van der Waals surface area contributed by atoms with Gasteiger partial charge in [0.2, 0.25) is 0 Å². The summed E-state index contributed by atoms with van der Waals surface area (Å²) in [6.45, 7) is 0. The number of anilines is 1. The van der Waals surface area contributed by atoms with Crippen LogP contribution in [0.15, 0.2) is 40.1 Å². The summed E-state index contributed by atoms with van der Waals surface area (Å²) in [5.41, 5.74) is 6.25. The molecule has 0 amide bonds. The highest BCUT2D eigenvalue weighted by Gasteiger charge is 2.09. The second kappa shape index (κ2) is 7.16. The first kappa shape index (κ1) is 17.1. The molecule has 0 unspecified atom stereocenters. The minimum atomic E-state index is 0. The Labute approximate surface area is 141 Å². The van der Waals surface area contributed by atoms with Crippen LogP contribution >= 0.6 is 70.6 Å². The van der Waals surface area contributed by atoms with Crippen LogP contribution in [0, 0.1) is 0 Å². The highest BCUT2D eigenvalue weighted by Crippen LogP contribution is 2.40. The van der Waals surface area contributed by atoms with Crippen molar-refractivity contribution in [1.82, 2.24) is 0 Å². The van der Waals surface area contributed by atoms with Crippen molar-refractivity contribution in [3.05, 3.63) is 50.4 Å². The molecule has 2 aromatic carbocycles. The number of hydrogen-bond donors (Lipinski definition) is 1. The van der Waals surface area contributed by atoms with Gasteiger partial charge in [-0.1, -0.05) is 58.2 Å². The molecule has 0 aliphatic rings. The monoisotopic (exact) mass is 373 g/mol. The Morgan fingerprint density at radius 1 is 0.737 bits per heavy atom. The molecule has 0 aliphatic heterocycles. The number of nitrogens with two attached hydrogens (primary N) is 1. The van der Waals surface area contributed by atoms with Gasteiger partial charge in [0.1, 0.15) is 0 Å². The van der Waals surface area contributed by atoms with Gasteiger partial charge in [0.05, 0.1) is 20.1 Å². The van der Waals surface area contributed by atoms with Crippen molar-refractivity contribution in [2.45, 2.75) is 9.79 Å². The van der Waals surface area contributed by atoms with Gasteiger partial charge >= 0.3 is 0 Å². The molecule has 0 saturated heterocycles. The summed E-state index contributed by atoms with van der Waals surface area (Å²) in [5.74, 6) is 0. The highest BCUT2D eigenvalue weighted by molar-refractivity contribution is 7.99. The second-order valence-corrected chi connectivity index (χ2v) is 6.20. The average molecular weight is 376 g/mol. The van der Waals surface area contributed by atoms with Gasteiger partial charge in [-0.3, -0.25) is 0 Å². The van der Waals surface area contributed by atoms with Gasteiger partial charge in [-0.2, -0.15) is 0 Å². The lowest BCUT2D eigenvalue weighted by molar-refractivity contribution is 1.41. The first-order chi connectivity index (χ1) is 8.47. The molecule has 0 saturated carbocycles. The zero-order chi connectivity index (χ0) is 13.3. The van der Waals surface area contributed by atoms with E-state index in [1.165, 1.54) is 11.8 Å². The molecule has 19 heavy (non-hydrogen) atoms. The summed E-state index contributed by atoms with van der Waals surface area (Å²) < 4.78 is 0. The van der Waals surface area contributed by atoms with Crippen molar-refractivity contribution in [3.63, 3.8) is 0 Å². The first-order valence-electron chi connectivity index (χ1n) is 4.85. The van der Waals surface area contributed by atoms with E-state index in [9.17, 15) is 0 Å². The molecule has 0 bridgehead atoms. The summed E-state index contributed by atoms with van der Waals surface area (Å²) in [4.78, 5) is 1.64. The van der Waals surface area contributed by atoms with Crippen LogP contribution in [0.1, 0.15) is 0 Å². The Bertz CT molecular complexity index is 603. The van der Waals surface area contributed by atoms with Crippen molar-refractivity contribution in [2.24, 2.45) is 0 Å². The van der Waals surface area contributed by atoms with Crippen LogP contribution in [-0.2, 0) is 0 Å². The molecule has 102 valence electrons. The van der Waals surface area contributed by atoms with E-state index >= 15 is 0 Å². The number of rotatable bonds is 2. The smallest absolute Gasteiger partial charge is 0.0607 e. The maximum absolute atomic E-state index is 6.10. The molecule has 0 aliphatic carbocycles. The quantitative estimate of drug-likeness (QED) is 0.482. The van der Waals surface area contributed by atoms with Crippen LogP contribution in [0.4, 0.5) is 5.69 Å². The van der Waals surface area contributed by atoms with Gasteiger partial charge in [-0.05, 0) is 30.3 Å². The zero-order valence-electron chi connectivity index (χ0n) is 9.29. The van der Waals surface area contributed by atoms with Crippen molar-refractivity contribution >= 4 is 76.3 Å². The fourth-order valence-corrected chi connectivity index (χ4v) is 3.20. The Morgan fingerprint density at radius 2 is 1.32 bits per heavy atom. The third-order valence-electron chi connectivity index (χ3n) is 2.15. The molecule has 0 aromatic heterocycles. The molecule has 1 nitrogen and oxygen atoms in total. The molecule has 2 rings (SSSR count). The Balaban J connectivity index is 0.00000180. The fourth-order valence-electron chi connectivity index (χ4n) is 1.30. The van der Waals surface area contributed by atoms with Crippen LogP contribution in [0.2, 0.25) is 20.1 Å². The topological polar surface area (TPSA) is 26.0 Å². The molecule has 2 aromatic rings. The normalized spacial score (nSPS) is 10.1. The van der Waals surface area contributed by atoms with Gasteiger partial charge in [0.25, 0.3) is 0 Å². The minimum Gasteiger partial charge on any atom is -0.399 e. The molecule has 0 spiro atoms. The summed E-state index contributed by atoms with van der Waals surface area (Å²) in [6.07, 6.45) is 0. The Hall–Kier alpha value is 0.0400. The highest BCUT2D eigenvalue weighted by atomic mass is 35.5. The molecule has 0 fully saturated rings. The minimum absolute atomic E-state index is 0. The molecular formula is C12H8Cl5NS. The van der Waals surface area contributed by atoms with Crippen LogP contribution in [0.5, 0.6) is 0 Å². The van der Waals surface area contributed by atoms with Crippen LogP contribution < -0.4 is 5.73 Å². The zero-order valence-corrected chi connectivity index (χ0v) is 13.9. The van der Waals surface area contributed by atoms with E-state index in [0.29, 0.717) is 25.8 Å². The third-order valence-corrected chi connectivity index (χ3v) is 4.86. The fraction of sp³-hybridized carbons (Fsp3) is 0. The van der Waals surface area contributed by atoms with E-state index < -0.39 is 0 Å². The lowest BCUT2D eigenvalue weighted by atomic mass is 10.3.